The fourth-order valence-electron chi connectivity index (χ4n) is 0.0553. The zero-order valence-corrected chi connectivity index (χ0v) is 7.80. The molecule has 0 amide bonds. The molecule has 0 aliphatic carbocycles. The summed E-state index contributed by atoms with van der Waals surface area (Å²) in [6.45, 7) is 0. The van der Waals surface area contributed by atoms with Crippen LogP contribution < -0.4 is 23.0 Å². The molecule has 0 spiro atoms. The van der Waals surface area contributed by atoms with Gasteiger partial charge in [0.25, 0.3) is 0 Å². The van der Waals surface area contributed by atoms with E-state index >= 15 is 0 Å². The Morgan fingerprint density at radius 2 is 2.43 bits per heavy atom. The van der Waals surface area contributed by atoms with Crippen molar-refractivity contribution in [3.8, 4) is 0 Å². The molecule has 0 aromatic rings. The number of nitrogens with one attached hydrogen (secondary N) is 1. The first-order valence-corrected chi connectivity index (χ1v) is 8.48. The predicted molar refractivity (Wildman–Crippen MR) is 26.4 cm³/mol. The molecule has 1 unspecified atom stereocenters. The molecule has 1 atom stereocenters. The van der Waals surface area contributed by atoms with E-state index < -0.39 is 23.0 Å². The fourth-order valence-corrected chi connectivity index (χ4v) is 1.28. The van der Waals surface area contributed by atoms with Crippen LogP contribution in [-0.4, -0.2) is 7.11 Å². The van der Waals surface area contributed by atoms with Crippen molar-refractivity contribution in [3.63, 3.8) is 0 Å². The van der Waals surface area contributed by atoms with Crippen LogP contribution in [0.4, 0.5) is 0 Å². The van der Waals surface area contributed by atoms with Gasteiger partial charge in [-0.15, -0.1) is 0 Å². The molecule has 0 saturated heterocycles. The van der Waals surface area contributed by atoms with E-state index in [-0.39, 0.29) is 0 Å². The first-order valence-electron chi connectivity index (χ1n) is 1.32. The quantitative estimate of drug-likeness (QED) is 0.426. The Kier molecular flexibility index (Phi) is 6.45. The minimum absolute atomic E-state index is 0.444. The average Bonchev–Trinajstić information content (AvgIpc) is 1.68. The van der Waals surface area contributed by atoms with E-state index in [1.807, 2.05) is 18.6 Å². The minimum atomic E-state index is -0.581. The van der Waals surface area contributed by atoms with Crippen LogP contribution >= 0.6 is 18.6 Å². The zero-order valence-electron chi connectivity index (χ0n) is 3.48. The summed E-state index contributed by atoms with van der Waals surface area (Å²) in [6.07, 6.45) is 0. The SMILES string of the molecule is CO[NH+]([O-])O[I-]I. The van der Waals surface area contributed by atoms with Crippen LogP contribution in [0.5, 0.6) is 0 Å². The van der Waals surface area contributed by atoms with Gasteiger partial charge in [-0.05, 0) is 0 Å². The standard InChI is InChI=1S/CH4I2NO3/c1-6-4(5)7-3-2/h4H,1H3/q-1. The van der Waals surface area contributed by atoms with E-state index in [4.69, 9.17) is 0 Å². The normalized spacial score (nSPS) is 14.7. The van der Waals surface area contributed by atoms with Crippen LogP contribution in [0.2, 0.25) is 0 Å². The van der Waals surface area contributed by atoms with Crippen molar-refractivity contribution in [2.75, 3.05) is 7.11 Å². The topological polar surface area (TPSA) is 46.0 Å². The number of rotatable bonds is 3. The maximum absolute atomic E-state index is 9.99. The van der Waals surface area contributed by atoms with Crippen molar-refractivity contribution >= 4 is 18.6 Å². The number of hydrogen-bond acceptors (Lipinski definition) is 3. The summed E-state index contributed by atoms with van der Waals surface area (Å²) in [4.78, 5) is 4.15. The molecule has 0 heterocycles. The van der Waals surface area contributed by atoms with Crippen LogP contribution in [0.25, 0.3) is 0 Å². The molecule has 1 N–H and O–H groups in total. The third kappa shape index (κ3) is 5.17. The molecule has 0 bridgehead atoms. The number of quaternary nitrogens is 1. The predicted octanol–water partition coefficient (Wildman–Crippen LogP) is -3.78. The summed E-state index contributed by atoms with van der Waals surface area (Å²) in [7, 11) is 1.29. The van der Waals surface area contributed by atoms with Gasteiger partial charge in [-0.3, -0.25) is 0 Å². The molecule has 0 aliphatic heterocycles. The third-order valence-electron chi connectivity index (χ3n) is 0.259. The van der Waals surface area contributed by atoms with Crippen LogP contribution in [0.15, 0.2) is 0 Å². The Morgan fingerprint density at radius 3 is 2.57 bits per heavy atom. The first-order chi connectivity index (χ1) is 3.31. The summed E-state index contributed by atoms with van der Waals surface area (Å²) in [6, 6.07) is 0. The van der Waals surface area contributed by atoms with E-state index in [0.29, 0.717) is 0 Å². The van der Waals surface area contributed by atoms with Gasteiger partial charge in [0.2, 0.25) is 0 Å². The monoisotopic (exact) mass is 332 g/mol. The van der Waals surface area contributed by atoms with E-state index in [0.717, 1.165) is 0 Å². The third-order valence-corrected chi connectivity index (χ3v) is 1.90. The molecule has 7 heavy (non-hydrogen) atoms. The zero-order chi connectivity index (χ0) is 5.70. The first kappa shape index (κ1) is 8.30. The molecule has 46 valence electrons. The van der Waals surface area contributed by atoms with Crippen molar-refractivity contribution in [3.05, 3.63) is 5.21 Å². The van der Waals surface area contributed by atoms with Gasteiger partial charge in [-0.25, -0.2) is 0 Å². The van der Waals surface area contributed by atoms with Gasteiger partial charge in [-0.1, -0.05) is 0 Å². The van der Waals surface area contributed by atoms with Crippen molar-refractivity contribution in [2.45, 2.75) is 0 Å². The van der Waals surface area contributed by atoms with Crippen LogP contribution in [-0.2, 0) is 8.00 Å². The van der Waals surface area contributed by atoms with Gasteiger partial charge in [0.05, 0.1) is 0 Å². The molecule has 0 aromatic carbocycles. The second-order valence-corrected chi connectivity index (χ2v) is 3.60. The van der Waals surface area contributed by atoms with E-state index in [1.54, 1.807) is 0 Å². The van der Waals surface area contributed by atoms with Gasteiger partial charge in [0.15, 0.2) is 0 Å². The van der Waals surface area contributed by atoms with Gasteiger partial charge >= 0.3 is 62.0 Å². The molecule has 0 radical (unpaired) electrons. The molecule has 0 aliphatic rings. The summed E-state index contributed by atoms with van der Waals surface area (Å²) in [5, 5.41) is 9.41. The molecule has 0 fully saturated rings. The van der Waals surface area contributed by atoms with Crippen LogP contribution in [0.3, 0.4) is 0 Å². The summed E-state index contributed by atoms with van der Waals surface area (Å²) in [5.41, 5.74) is 0. The second-order valence-electron chi connectivity index (χ2n) is 0.590. The summed E-state index contributed by atoms with van der Waals surface area (Å²) < 4.78 is 4.43. The number of halogens is 2. The molecule has 0 aromatic heterocycles. The van der Waals surface area contributed by atoms with Crippen molar-refractivity contribution < 1.29 is 31.0 Å². The Labute approximate surface area is 61.6 Å². The average molecular weight is 332 g/mol. The molecule has 4 nitrogen and oxygen atoms in total. The molecule has 6 heteroatoms. The maximum atomic E-state index is 9.99. The molecule has 0 rings (SSSR count). The number of hydrogen-bond donors (Lipinski definition) is 1. The van der Waals surface area contributed by atoms with E-state index in [2.05, 4.69) is 8.00 Å². The van der Waals surface area contributed by atoms with E-state index in [1.165, 1.54) is 7.11 Å². The Hall–Kier alpha value is 1.30. The van der Waals surface area contributed by atoms with E-state index in [9.17, 15) is 5.21 Å². The van der Waals surface area contributed by atoms with Crippen LogP contribution in [0, 0.1) is 5.21 Å². The Bertz CT molecular complexity index is 43.9. The van der Waals surface area contributed by atoms with Crippen molar-refractivity contribution in [1.29, 1.82) is 0 Å². The molecular weight excluding hydrogens is 328 g/mol. The fraction of sp³-hybridized carbons (Fsp3) is 1.00. The van der Waals surface area contributed by atoms with Gasteiger partial charge in [0.1, 0.15) is 0 Å². The van der Waals surface area contributed by atoms with Crippen LogP contribution in [0.1, 0.15) is 0 Å². The Morgan fingerprint density at radius 1 is 1.86 bits per heavy atom. The Balaban J connectivity index is 2.83. The summed E-state index contributed by atoms with van der Waals surface area (Å²) >= 11 is 1.57. The molecule has 0 saturated carbocycles. The van der Waals surface area contributed by atoms with Gasteiger partial charge in [-0.2, -0.15) is 0 Å². The second kappa shape index (κ2) is 5.44. The van der Waals surface area contributed by atoms with Crippen molar-refractivity contribution in [1.82, 2.24) is 0 Å². The molecular formula is CH4I2NO3-. The van der Waals surface area contributed by atoms with Gasteiger partial charge in [0, 0.05) is 0 Å². The van der Waals surface area contributed by atoms with Crippen molar-refractivity contribution in [2.24, 2.45) is 0 Å². The van der Waals surface area contributed by atoms with Gasteiger partial charge < -0.3 is 0 Å². The summed E-state index contributed by atoms with van der Waals surface area (Å²) in [5.74, 6) is 0.